The van der Waals surface area contributed by atoms with E-state index in [-0.39, 0.29) is 11.2 Å². The Balaban J connectivity index is 2.54. The van der Waals surface area contributed by atoms with E-state index < -0.39 is 0 Å². The Hall–Kier alpha value is -1.03. The van der Waals surface area contributed by atoms with Crippen LogP contribution in [0.5, 0.6) is 0 Å². The van der Waals surface area contributed by atoms with Crippen molar-refractivity contribution in [2.75, 3.05) is 6.54 Å². The molecule has 0 bridgehead atoms. The Kier molecular flexibility index (Phi) is 5.20. The lowest BCUT2D eigenvalue weighted by molar-refractivity contribution is 0.357. The van der Waals surface area contributed by atoms with Crippen LogP contribution in [0, 0.1) is 5.92 Å². The molecule has 4 heteroatoms. The SMILES string of the molecule is CCCn1ccn(CC(C)CNC(C)(C)C)c1=O. The number of nitrogens with zero attached hydrogens (tertiary/aromatic N) is 2. The summed E-state index contributed by atoms with van der Waals surface area (Å²) in [7, 11) is 0. The summed E-state index contributed by atoms with van der Waals surface area (Å²) in [5, 5.41) is 3.47. The van der Waals surface area contributed by atoms with Gasteiger partial charge in [-0.15, -0.1) is 0 Å². The van der Waals surface area contributed by atoms with Gasteiger partial charge in [-0.2, -0.15) is 0 Å². The van der Waals surface area contributed by atoms with Gasteiger partial charge in [0.1, 0.15) is 0 Å². The minimum Gasteiger partial charge on any atom is -0.312 e. The largest absolute Gasteiger partial charge is 0.328 e. The maximum Gasteiger partial charge on any atom is 0.328 e. The molecule has 0 saturated heterocycles. The molecule has 104 valence electrons. The van der Waals surface area contributed by atoms with Crippen molar-refractivity contribution in [1.82, 2.24) is 14.5 Å². The average molecular weight is 253 g/mol. The highest BCUT2D eigenvalue weighted by Crippen LogP contribution is 2.03. The smallest absolute Gasteiger partial charge is 0.312 e. The number of hydrogen-bond donors (Lipinski definition) is 1. The normalized spacial score (nSPS) is 13.8. The first-order chi connectivity index (χ1) is 8.33. The van der Waals surface area contributed by atoms with Gasteiger partial charge in [0.15, 0.2) is 0 Å². The second kappa shape index (κ2) is 6.23. The fraction of sp³-hybridized carbons (Fsp3) is 0.786. The first-order valence-electron chi connectivity index (χ1n) is 6.84. The van der Waals surface area contributed by atoms with Gasteiger partial charge < -0.3 is 5.32 Å². The summed E-state index contributed by atoms with van der Waals surface area (Å²) in [4.78, 5) is 12.0. The van der Waals surface area contributed by atoms with Gasteiger partial charge in [0.05, 0.1) is 0 Å². The third-order valence-corrected chi connectivity index (χ3v) is 2.87. The van der Waals surface area contributed by atoms with E-state index in [4.69, 9.17) is 0 Å². The van der Waals surface area contributed by atoms with Crippen molar-refractivity contribution in [2.24, 2.45) is 5.92 Å². The number of rotatable bonds is 6. The van der Waals surface area contributed by atoms with Crippen LogP contribution in [-0.4, -0.2) is 21.2 Å². The monoisotopic (exact) mass is 253 g/mol. The van der Waals surface area contributed by atoms with Crippen LogP contribution in [0.4, 0.5) is 0 Å². The lowest BCUT2D eigenvalue weighted by Crippen LogP contribution is -2.40. The second-order valence-electron chi connectivity index (χ2n) is 6.16. The molecule has 1 unspecified atom stereocenters. The summed E-state index contributed by atoms with van der Waals surface area (Å²) in [5.41, 5.74) is 0.243. The van der Waals surface area contributed by atoms with Crippen molar-refractivity contribution in [3.8, 4) is 0 Å². The Bertz CT molecular complexity index is 411. The fourth-order valence-electron chi connectivity index (χ4n) is 1.88. The zero-order valence-electron chi connectivity index (χ0n) is 12.4. The van der Waals surface area contributed by atoms with Crippen LogP contribution >= 0.6 is 0 Å². The molecule has 0 spiro atoms. The van der Waals surface area contributed by atoms with Gasteiger partial charge in [0.2, 0.25) is 0 Å². The molecular formula is C14H27N3O. The zero-order valence-corrected chi connectivity index (χ0v) is 12.4. The number of imidazole rings is 1. The lowest BCUT2D eigenvalue weighted by atomic mass is 10.1. The van der Waals surface area contributed by atoms with Crippen molar-refractivity contribution in [1.29, 1.82) is 0 Å². The van der Waals surface area contributed by atoms with E-state index in [1.165, 1.54) is 0 Å². The molecule has 0 aliphatic heterocycles. The van der Waals surface area contributed by atoms with Crippen molar-refractivity contribution < 1.29 is 0 Å². The maximum atomic E-state index is 12.0. The molecule has 0 fully saturated rings. The third kappa shape index (κ3) is 4.69. The van der Waals surface area contributed by atoms with Gasteiger partial charge >= 0.3 is 5.69 Å². The third-order valence-electron chi connectivity index (χ3n) is 2.87. The first kappa shape index (κ1) is 15.0. The molecule has 1 N–H and O–H groups in total. The molecule has 0 saturated carbocycles. The fourth-order valence-corrected chi connectivity index (χ4v) is 1.88. The van der Waals surface area contributed by atoms with Crippen molar-refractivity contribution in [2.45, 2.75) is 59.7 Å². The Morgan fingerprint density at radius 1 is 1.28 bits per heavy atom. The molecule has 0 aliphatic rings. The summed E-state index contributed by atoms with van der Waals surface area (Å²) in [5.74, 6) is 0.444. The van der Waals surface area contributed by atoms with Gasteiger partial charge in [0.25, 0.3) is 0 Å². The molecule has 18 heavy (non-hydrogen) atoms. The first-order valence-corrected chi connectivity index (χ1v) is 6.84. The summed E-state index contributed by atoms with van der Waals surface area (Å²) in [6, 6.07) is 0. The van der Waals surface area contributed by atoms with Gasteiger partial charge in [0, 0.05) is 31.0 Å². The van der Waals surface area contributed by atoms with Crippen LogP contribution in [0.3, 0.4) is 0 Å². The highest BCUT2D eigenvalue weighted by molar-refractivity contribution is 4.82. The predicted octanol–water partition coefficient (Wildman–Crippen LogP) is 2.08. The van der Waals surface area contributed by atoms with Crippen LogP contribution in [0.15, 0.2) is 17.2 Å². The topological polar surface area (TPSA) is 39.0 Å². The minimum atomic E-state index is 0.111. The predicted molar refractivity (Wildman–Crippen MR) is 75.9 cm³/mol. The van der Waals surface area contributed by atoms with E-state index in [1.807, 2.05) is 17.0 Å². The van der Waals surface area contributed by atoms with Gasteiger partial charge in [-0.1, -0.05) is 13.8 Å². The number of aryl methyl sites for hydroxylation is 1. The highest BCUT2D eigenvalue weighted by atomic mass is 16.1. The lowest BCUT2D eigenvalue weighted by Gasteiger charge is -2.23. The van der Waals surface area contributed by atoms with E-state index in [2.05, 4.69) is 39.9 Å². The van der Waals surface area contributed by atoms with Gasteiger partial charge in [-0.3, -0.25) is 9.13 Å². The summed E-state index contributed by atoms with van der Waals surface area (Å²) in [6.45, 7) is 13.2. The second-order valence-corrected chi connectivity index (χ2v) is 6.16. The summed E-state index contributed by atoms with van der Waals surface area (Å²) >= 11 is 0. The van der Waals surface area contributed by atoms with Gasteiger partial charge in [-0.25, -0.2) is 4.79 Å². The molecule has 1 aromatic heterocycles. The number of nitrogens with one attached hydrogen (secondary N) is 1. The molecule has 1 rings (SSSR count). The highest BCUT2D eigenvalue weighted by Gasteiger charge is 2.12. The van der Waals surface area contributed by atoms with Gasteiger partial charge in [-0.05, 0) is 39.7 Å². The Morgan fingerprint density at radius 3 is 2.44 bits per heavy atom. The van der Waals surface area contributed by atoms with E-state index in [0.29, 0.717) is 5.92 Å². The molecule has 0 aliphatic carbocycles. The average Bonchev–Trinajstić information content (AvgIpc) is 2.59. The van der Waals surface area contributed by atoms with E-state index in [9.17, 15) is 4.79 Å². The van der Waals surface area contributed by atoms with Crippen molar-refractivity contribution in [3.63, 3.8) is 0 Å². The van der Waals surface area contributed by atoms with E-state index in [0.717, 1.165) is 26.1 Å². The quantitative estimate of drug-likeness (QED) is 0.843. The minimum absolute atomic E-state index is 0.111. The molecule has 1 atom stereocenters. The van der Waals surface area contributed by atoms with Crippen molar-refractivity contribution >= 4 is 0 Å². The van der Waals surface area contributed by atoms with Crippen LogP contribution in [0.25, 0.3) is 0 Å². The van der Waals surface area contributed by atoms with E-state index >= 15 is 0 Å². The molecule has 0 aromatic carbocycles. The van der Waals surface area contributed by atoms with Crippen LogP contribution in [0.2, 0.25) is 0 Å². The molecule has 1 aromatic rings. The Labute approximate surface area is 110 Å². The number of hydrogen-bond acceptors (Lipinski definition) is 2. The standard InChI is InChI=1S/C14H27N3O/c1-6-7-16-8-9-17(13(16)18)11-12(2)10-15-14(3,4)5/h8-9,12,15H,6-7,10-11H2,1-5H3. The van der Waals surface area contributed by atoms with Crippen LogP contribution in [-0.2, 0) is 13.1 Å². The zero-order chi connectivity index (χ0) is 13.8. The summed E-state index contributed by atoms with van der Waals surface area (Å²) < 4.78 is 3.59. The van der Waals surface area contributed by atoms with Crippen LogP contribution in [0.1, 0.15) is 41.0 Å². The molecular weight excluding hydrogens is 226 g/mol. The van der Waals surface area contributed by atoms with E-state index in [1.54, 1.807) is 4.57 Å². The number of aromatic nitrogens is 2. The maximum absolute atomic E-state index is 12.0. The summed E-state index contributed by atoms with van der Waals surface area (Å²) in [6.07, 6.45) is 4.77. The van der Waals surface area contributed by atoms with Crippen LogP contribution < -0.4 is 11.0 Å². The van der Waals surface area contributed by atoms with Crippen molar-refractivity contribution in [3.05, 3.63) is 22.9 Å². The molecule has 4 nitrogen and oxygen atoms in total. The molecule has 1 heterocycles. The molecule has 0 radical (unpaired) electrons. The Morgan fingerprint density at radius 2 is 1.89 bits per heavy atom. The molecule has 0 amide bonds.